The summed E-state index contributed by atoms with van der Waals surface area (Å²) in [5, 5.41) is 6.53. The minimum absolute atomic E-state index is 0.442. The van der Waals surface area contributed by atoms with E-state index in [2.05, 4.69) is 10.6 Å². The molecule has 0 radical (unpaired) electrons. The van der Waals surface area contributed by atoms with E-state index in [9.17, 15) is 17.3 Å². The highest BCUT2D eigenvalue weighted by molar-refractivity contribution is 6.35. The first kappa shape index (κ1) is 30.0. The lowest BCUT2D eigenvalue weighted by Crippen LogP contribution is -2.77. The van der Waals surface area contributed by atoms with Gasteiger partial charge in [0.2, 0.25) is 0 Å². The molecule has 0 bridgehead atoms. The molecule has 0 heterocycles. The van der Waals surface area contributed by atoms with E-state index >= 15 is 0 Å². The first-order chi connectivity index (χ1) is 20.4. The molecule has 10 heteroatoms. The highest BCUT2D eigenvalue weighted by Gasteiger charge is 2.78. The molecular weight excluding hydrogens is 542 g/mol. The molecule has 5 rings (SSSR count). The summed E-state index contributed by atoms with van der Waals surface area (Å²) in [6.45, 7) is 0. The van der Waals surface area contributed by atoms with E-state index in [1.54, 1.807) is 74.8 Å². The third-order valence-electron chi connectivity index (χ3n) is 8.47. The van der Waals surface area contributed by atoms with Gasteiger partial charge in [0, 0.05) is 23.9 Å². The third kappa shape index (κ3) is 5.17. The second-order valence-corrected chi connectivity index (χ2v) is 10.4. The fourth-order valence-electron chi connectivity index (χ4n) is 7.13. The minimum Gasteiger partial charge on any atom is -0.368 e. The standard InChI is InChI=1S/C32H32B2F4N2O2/c1-39-27(23-15-7-3-8-16-23)29-31(41-33(35)36,25-19-11-5-12-20-25)30(28(40-2)24-17-9-4-10-18-24)32(29,42-34(37)38)26-21-13-6-14-22-26/h3-22,27-30,39-40H,1-2H3. The molecule has 0 aromatic heterocycles. The van der Waals surface area contributed by atoms with Crippen LogP contribution in [0.25, 0.3) is 0 Å². The van der Waals surface area contributed by atoms with E-state index in [1.807, 2.05) is 60.7 Å². The van der Waals surface area contributed by atoms with Crippen LogP contribution in [-0.2, 0) is 20.5 Å². The molecule has 0 spiro atoms. The van der Waals surface area contributed by atoms with Gasteiger partial charge in [0.15, 0.2) is 0 Å². The van der Waals surface area contributed by atoms with Gasteiger partial charge in [-0.2, -0.15) is 0 Å². The maximum Gasteiger partial charge on any atom is 0.721 e. The average Bonchev–Trinajstić information content (AvgIpc) is 3.02. The van der Waals surface area contributed by atoms with Crippen LogP contribution >= 0.6 is 0 Å². The Labute approximate surface area is 244 Å². The third-order valence-corrected chi connectivity index (χ3v) is 8.47. The largest absolute Gasteiger partial charge is 0.721 e. The molecule has 4 aromatic rings. The molecule has 2 unspecified atom stereocenters. The lowest BCUT2D eigenvalue weighted by atomic mass is 9.41. The predicted octanol–water partition coefficient (Wildman–Crippen LogP) is 6.83. The van der Waals surface area contributed by atoms with Gasteiger partial charge in [-0.25, -0.2) is 0 Å². The molecule has 2 atom stereocenters. The van der Waals surface area contributed by atoms with Crippen molar-refractivity contribution in [3.05, 3.63) is 144 Å². The second-order valence-electron chi connectivity index (χ2n) is 10.4. The zero-order valence-electron chi connectivity index (χ0n) is 23.3. The number of halogens is 4. The number of nitrogens with one attached hydrogen (secondary N) is 2. The van der Waals surface area contributed by atoms with Gasteiger partial charge in [0.1, 0.15) is 0 Å². The summed E-state index contributed by atoms with van der Waals surface area (Å²) in [4.78, 5) is 0. The van der Waals surface area contributed by atoms with Crippen LogP contribution in [0.1, 0.15) is 34.3 Å². The van der Waals surface area contributed by atoms with Gasteiger partial charge in [-0.1, -0.05) is 121 Å². The van der Waals surface area contributed by atoms with Gasteiger partial charge in [-0.3, -0.25) is 17.3 Å². The molecule has 1 aliphatic carbocycles. The van der Waals surface area contributed by atoms with Crippen LogP contribution in [0, 0.1) is 11.8 Å². The van der Waals surface area contributed by atoms with E-state index in [-0.39, 0.29) is 0 Å². The summed E-state index contributed by atoms with van der Waals surface area (Å²) < 4.78 is 70.8. The van der Waals surface area contributed by atoms with Gasteiger partial charge in [0.05, 0.1) is 11.2 Å². The molecule has 0 saturated heterocycles. The quantitative estimate of drug-likeness (QED) is 0.144. The zero-order chi connectivity index (χ0) is 29.7. The van der Waals surface area contributed by atoms with Crippen LogP contribution in [-0.4, -0.2) is 29.0 Å². The Morgan fingerprint density at radius 3 is 1.07 bits per heavy atom. The number of rotatable bonds is 12. The van der Waals surface area contributed by atoms with E-state index in [1.165, 1.54) is 0 Å². The smallest absolute Gasteiger partial charge is 0.368 e. The van der Waals surface area contributed by atoms with Gasteiger partial charge >= 0.3 is 14.9 Å². The van der Waals surface area contributed by atoms with Gasteiger partial charge in [0.25, 0.3) is 0 Å². The topological polar surface area (TPSA) is 42.5 Å². The zero-order valence-corrected chi connectivity index (χ0v) is 23.3. The van der Waals surface area contributed by atoms with Crippen molar-refractivity contribution >= 4 is 14.9 Å². The average molecular weight is 574 g/mol. The number of hydrogen-bond acceptors (Lipinski definition) is 4. The summed E-state index contributed by atoms with van der Waals surface area (Å²) in [6.07, 6.45) is 0. The van der Waals surface area contributed by atoms with Gasteiger partial charge in [-0.05, 0) is 36.3 Å². The van der Waals surface area contributed by atoms with Crippen molar-refractivity contribution in [3.8, 4) is 0 Å². The first-order valence-electron chi connectivity index (χ1n) is 13.9. The maximum atomic E-state index is 14.8. The molecule has 42 heavy (non-hydrogen) atoms. The van der Waals surface area contributed by atoms with Crippen LogP contribution in [0.3, 0.4) is 0 Å². The van der Waals surface area contributed by atoms with Crippen LogP contribution < -0.4 is 10.6 Å². The van der Waals surface area contributed by atoms with Crippen molar-refractivity contribution < 1.29 is 26.6 Å². The summed E-state index contributed by atoms with van der Waals surface area (Å²) >= 11 is 0. The van der Waals surface area contributed by atoms with Crippen molar-refractivity contribution in [1.82, 2.24) is 10.6 Å². The second kappa shape index (κ2) is 12.8. The highest BCUT2D eigenvalue weighted by atomic mass is 19.2. The molecule has 2 N–H and O–H groups in total. The van der Waals surface area contributed by atoms with Crippen LogP contribution in [0.2, 0.25) is 0 Å². The van der Waals surface area contributed by atoms with E-state index in [0.29, 0.717) is 11.1 Å². The molecule has 4 nitrogen and oxygen atoms in total. The fourth-order valence-corrected chi connectivity index (χ4v) is 7.13. The van der Waals surface area contributed by atoms with Crippen molar-refractivity contribution in [2.45, 2.75) is 23.3 Å². The SMILES string of the molecule is CNC(c1ccccc1)C1C(OB(F)F)(c2ccccc2)C(C(NC)c2ccccc2)C1(OB(F)F)c1ccccc1. The van der Waals surface area contributed by atoms with Gasteiger partial charge in [-0.15, -0.1) is 0 Å². The summed E-state index contributed by atoms with van der Waals surface area (Å²) in [6, 6.07) is 34.3. The molecule has 216 valence electrons. The molecule has 1 aliphatic rings. The lowest BCUT2D eigenvalue weighted by Gasteiger charge is -2.71. The monoisotopic (exact) mass is 574 g/mol. The Hall–Kier alpha value is -3.43. The summed E-state index contributed by atoms with van der Waals surface area (Å²) in [7, 11) is -3.05. The molecule has 0 aliphatic heterocycles. The number of hydrogen-bond donors (Lipinski definition) is 2. The lowest BCUT2D eigenvalue weighted by molar-refractivity contribution is -0.312. The van der Waals surface area contributed by atoms with E-state index < -0.39 is 50.1 Å². The molecule has 4 aromatic carbocycles. The fraction of sp³-hybridized carbons (Fsp3) is 0.250. The normalized spacial score (nSPS) is 24.8. The van der Waals surface area contributed by atoms with Crippen molar-refractivity contribution in [1.29, 1.82) is 0 Å². The highest BCUT2D eigenvalue weighted by Crippen LogP contribution is 2.72. The maximum absolute atomic E-state index is 14.8. The Kier molecular flexibility index (Phi) is 9.18. The van der Waals surface area contributed by atoms with Crippen molar-refractivity contribution in [2.75, 3.05) is 14.1 Å². The van der Waals surface area contributed by atoms with E-state index in [0.717, 1.165) is 11.1 Å². The summed E-state index contributed by atoms with van der Waals surface area (Å²) in [5.74, 6) is -2.15. The van der Waals surface area contributed by atoms with Crippen LogP contribution in [0.4, 0.5) is 17.3 Å². The van der Waals surface area contributed by atoms with Crippen LogP contribution in [0.15, 0.2) is 121 Å². The van der Waals surface area contributed by atoms with E-state index in [4.69, 9.17) is 9.31 Å². The predicted molar refractivity (Wildman–Crippen MR) is 158 cm³/mol. The van der Waals surface area contributed by atoms with Crippen molar-refractivity contribution in [2.24, 2.45) is 11.8 Å². The number of benzene rings is 4. The van der Waals surface area contributed by atoms with Gasteiger partial charge < -0.3 is 19.9 Å². The minimum atomic E-state index is -3.21. The molecule has 0 amide bonds. The first-order valence-corrected chi connectivity index (χ1v) is 13.9. The van der Waals surface area contributed by atoms with Crippen LogP contribution in [0.5, 0.6) is 0 Å². The van der Waals surface area contributed by atoms with Crippen molar-refractivity contribution in [3.63, 3.8) is 0 Å². The Bertz CT molecular complexity index is 1290. The molecule has 1 fully saturated rings. The summed E-state index contributed by atoms with van der Waals surface area (Å²) in [5.41, 5.74) is -1.24. The Morgan fingerprint density at radius 2 is 0.810 bits per heavy atom. The molecule has 1 saturated carbocycles. The Balaban J connectivity index is 1.91. The molecular formula is C32H32B2F4N2O2. The Morgan fingerprint density at radius 1 is 0.524 bits per heavy atom.